The Balaban J connectivity index is 1.88. The number of nitrogens with one attached hydrogen (secondary N) is 2. The molecule has 2 heterocycles. The van der Waals surface area contributed by atoms with Crippen molar-refractivity contribution in [1.29, 1.82) is 0 Å². The van der Waals surface area contributed by atoms with Gasteiger partial charge in [0.15, 0.2) is 11.6 Å². The number of aryl methyl sites for hydroxylation is 1. The second kappa shape index (κ2) is 5.77. The normalized spacial score (nSPS) is 14.1. The van der Waals surface area contributed by atoms with Crippen LogP contribution in [0.1, 0.15) is 30.3 Å². The Morgan fingerprint density at radius 3 is 2.77 bits per heavy atom. The van der Waals surface area contributed by atoms with Gasteiger partial charge in [0.05, 0.1) is 18.0 Å². The molecule has 0 saturated carbocycles. The maximum absolute atomic E-state index is 12.2. The molecule has 1 aromatic carbocycles. The predicted octanol–water partition coefficient (Wildman–Crippen LogP) is 1.60. The average Bonchev–Trinajstić information content (AvgIpc) is 2.91. The van der Waals surface area contributed by atoms with E-state index < -0.39 is 0 Å². The molecule has 1 unspecified atom stereocenters. The summed E-state index contributed by atoms with van der Waals surface area (Å²) in [6, 6.07) is 11.4. The van der Waals surface area contributed by atoms with Gasteiger partial charge in [-0.25, -0.2) is 4.98 Å². The first-order chi connectivity index (χ1) is 10.5. The summed E-state index contributed by atoms with van der Waals surface area (Å²) in [6.07, 6.45) is 0. The van der Waals surface area contributed by atoms with Gasteiger partial charge in [-0.15, -0.1) is 0 Å². The number of aromatic nitrogens is 2. The van der Waals surface area contributed by atoms with Crippen LogP contribution < -0.4 is 10.5 Å². The summed E-state index contributed by atoms with van der Waals surface area (Å²) in [7, 11) is 2.07. The fourth-order valence-electron chi connectivity index (χ4n) is 2.55. The Hall–Kier alpha value is -2.40. The van der Waals surface area contributed by atoms with Crippen LogP contribution in [0.5, 0.6) is 0 Å². The smallest absolute Gasteiger partial charge is 0.258 e. The number of furan rings is 1. The van der Waals surface area contributed by atoms with Gasteiger partial charge in [0.2, 0.25) is 0 Å². The van der Waals surface area contributed by atoms with E-state index in [1.807, 2.05) is 37.3 Å². The van der Waals surface area contributed by atoms with Crippen LogP contribution in [0, 0.1) is 6.92 Å². The molecule has 114 valence electrons. The number of hydrogen-bond acceptors (Lipinski definition) is 3. The number of para-hydroxylation sites is 1. The first-order valence-electron chi connectivity index (χ1n) is 7.41. The quantitative estimate of drug-likeness (QED) is 0.769. The second-order valence-electron chi connectivity index (χ2n) is 5.73. The lowest BCUT2D eigenvalue weighted by Crippen LogP contribution is -3.07. The number of benzene rings is 1. The summed E-state index contributed by atoms with van der Waals surface area (Å²) >= 11 is 0. The molecule has 0 aliphatic rings. The summed E-state index contributed by atoms with van der Waals surface area (Å²) in [6.45, 7) is 4.73. The fraction of sp³-hybridized carbons (Fsp3) is 0.294. The van der Waals surface area contributed by atoms with Crippen molar-refractivity contribution in [3.63, 3.8) is 0 Å². The van der Waals surface area contributed by atoms with Gasteiger partial charge in [0.25, 0.3) is 5.56 Å². The van der Waals surface area contributed by atoms with E-state index in [1.165, 1.54) is 4.90 Å². The second-order valence-corrected chi connectivity index (χ2v) is 5.73. The molecule has 0 fully saturated rings. The molecular formula is C17H20N3O2+. The first kappa shape index (κ1) is 14.5. The van der Waals surface area contributed by atoms with Crippen molar-refractivity contribution in [2.75, 3.05) is 7.05 Å². The minimum atomic E-state index is -0.0888. The third-order valence-electron chi connectivity index (χ3n) is 4.03. The molecule has 22 heavy (non-hydrogen) atoms. The number of H-pyrrole nitrogens is 1. The minimum absolute atomic E-state index is 0.0581. The molecule has 0 spiro atoms. The largest absolute Gasteiger partial charge is 0.460 e. The van der Waals surface area contributed by atoms with Crippen molar-refractivity contribution < 1.29 is 9.32 Å². The van der Waals surface area contributed by atoms with Crippen LogP contribution >= 0.6 is 0 Å². The number of aromatic amines is 1. The highest BCUT2D eigenvalue weighted by Gasteiger charge is 2.20. The van der Waals surface area contributed by atoms with Gasteiger partial charge in [-0.1, -0.05) is 12.1 Å². The van der Waals surface area contributed by atoms with E-state index in [0.29, 0.717) is 11.2 Å². The molecule has 3 aromatic rings. The monoisotopic (exact) mass is 298 g/mol. The highest BCUT2D eigenvalue weighted by Crippen LogP contribution is 2.10. The van der Waals surface area contributed by atoms with Crippen LogP contribution in [0.2, 0.25) is 0 Å². The summed E-state index contributed by atoms with van der Waals surface area (Å²) in [5.41, 5.74) is 0.642. The van der Waals surface area contributed by atoms with Gasteiger partial charge in [-0.3, -0.25) is 4.79 Å². The van der Waals surface area contributed by atoms with Crippen LogP contribution in [0.25, 0.3) is 10.9 Å². The number of nitrogens with zero attached hydrogens (tertiary/aromatic N) is 1. The van der Waals surface area contributed by atoms with Crippen LogP contribution in [0.4, 0.5) is 0 Å². The Labute approximate surface area is 128 Å². The zero-order valence-electron chi connectivity index (χ0n) is 13.0. The molecule has 0 bridgehead atoms. The third-order valence-corrected chi connectivity index (χ3v) is 4.03. The number of fused-ring (bicyclic) bond motifs is 1. The van der Waals surface area contributed by atoms with E-state index in [0.717, 1.165) is 23.6 Å². The van der Waals surface area contributed by atoms with Crippen molar-refractivity contribution >= 4 is 10.9 Å². The van der Waals surface area contributed by atoms with Crippen molar-refractivity contribution in [2.45, 2.75) is 26.4 Å². The first-order valence-corrected chi connectivity index (χ1v) is 7.41. The maximum Gasteiger partial charge on any atom is 0.258 e. The number of quaternary nitrogens is 1. The SMILES string of the molecule is Cc1ccc(C[NH+](C)[C@@H](C)c2nc3ccccc3c(=O)[nH]2)o1. The molecule has 0 amide bonds. The van der Waals surface area contributed by atoms with Crippen LogP contribution in [-0.4, -0.2) is 17.0 Å². The summed E-state index contributed by atoms with van der Waals surface area (Å²) in [4.78, 5) is 20.9. The Morgan fingerprint density at radius 2 is 2.05 bits per heavy atom. The van der Waals surface area contributed by atoms with E-state index in [9.17, 15) is 4.79 Å². The zero-order valence-corrected chi connectivity index (χ0v) is 13.0. The lowest BCUT2D eigenvalue weighted by molar-refractivity contribution is -0.925. The molecule has 5 heteroatoms. The number of rotatable bonds is 4. The molecule has 0 aliphatic heterocycles. The highest BCUT2D eigenvalue weighted by molar-refractivity contribution is 5.77. The summed E-state index contributed by atoms with van der Waals surface area (Å²) in [5, 5.41) is 0.623. The molecule has 5 nitrogen and oxygen atoms in total. The van der Waals surface area contributed by atoms with Gasteiger partial charge >= 0.3 is 0 Å². The van der Waals surface area contributed by atoms with Crippen LogP contribution in [-0.2, 0) is 6.54 Å². The molecule has 2 aromatic heterocycles. The summed E-state index contributed by atoms with van der Waals surface area (Å²) in [5.74, 6) is 2.54. The number of hydrogen-bond donors (Lipinski definition) is 2. The molecule has 0 aliphatic carbocycles. The fourth-order valence-corrected chi connectivity index (χ4v) is 2.55. The van der Waals surface area contributed by atoms with Crippen molar-refractivity contribution in [3.8, 4) is 0 Å². The van der Waals surface area contributed by atoms with E-state index in [4.69, 9.17) is 4.42 Å². The topological polar surface area (TPSA) is 63.3 Å². The highest BCUT2D eigenvalue weighted by atomic mass is 16.3. The van der Waals surface area contributed by atoms with Crippen molar-refractivity contribution in [1.82, 2.24) is 9.97 Å². The Bertz CT molecular complexity index is 850. The van der Waals surface area contributed by atoms with Gasteiger partial charge in [0.1, 0.15) is 18.3 Å². The molecule has 0 radical (unpaired) electrons. The maximum atomic E-state index is 12.2. The van der Waals surface area contributed by atoms with Crippen molar-refractivity contribution in [3.05, 3.63) is 64.1 Å². The van der Waals surface area contributed by atoms with Gasteiger partial charge in [0, 0.05) is 0 Å². The predicted molar refractivity (Wildman–Crippen MR) is 84.8 cm³/mol. The minimum Gasteiger partial charge on any atom is -0.460 e. The molecule has 3 rings (SSSR count). The molecule has 0 saturated heterocycles. The van der Waals surface area contributed by atoms with Crippen LogP contribution in [0.15, 0.2) is 45.6 Å². The van der Waals surface area contributed by atoms with Crippen LogP contribution in [0.3, 0.4) is 0 Å². The zero-order chi connectivity index (χ0) is 15.7. The third kappa shape index (κ3) is 2.80. The molecule has 2 atom stereocenters. The van der Waals surface area contributed by atoms with Crippen molar-refractivity contribution in [2.24, 2.45) is 0 Å². The standard InChI is InChI=1S/C17H19N3O2/c1-11-8-9-13(22-11)10-20(3)12(2)16-18-15-7-5-4-6-14(15)17(21)19-16/h4-9,12H,10H2,1-3H3,(H,18,19,21)/p+1/t12-/m0/s1. The Kier molecular flexibility index (Phi) is 3.81. The van der Waals surface area contributed by atoms with E-state index >= 15 is 0 Å². The van der Waals surface area contributed by atoms with E-state index in [2.05, 4.69) is 23.9 Å². The summed E-state index contributed by atoms with van der Waals surface area (Å²) < 4.78 is 5.62. The van der Waals surface area contributed by atoms with E-state index in [-0.39, 0.29) is 11.6 Å². The molecular weight excluding hydrogens is 278 g/mol. The average molecular weight is 298 g/mol. The van der Waals surface area contributed by atoms with E-state index in [1.54, 1.807) is 6.07 Å². The lowest BCUT2D eigenvalue weighted by atomic mass is 10.2. The Morgan fingerprint density at radius 1 is 1.27 bits per heavy atom. The molecule has 2 N–H and O–H groups in total. The van der Waals surface area contributed by atoms with Gasteiger partial charge in [-0.2, -0.15) is 0 Å². The van der Waals surface area contributed by atoms with Gasteiger partial charge in [-0.05, 0) is 38.1 Å². The lowest BCUT2D eigenvalue weighted by Gasteiger charge is -2.20. The van der Waals surface area contributed by atoms with Gasteiger partial charge < -0.3 is 14.3 Å².